The number of hydrogen-bond acceptors (Lipinski definition) is 5. The zero-order valence-corrected chi connectivity index (χ0v) is 15.4. The van der Waals surface area contributed by atoms with E-state index in [0.29, 0.717) is 18.1 Å². The molecule has 1 amide bonds. The van der Waals surface area contributed by atoms with Gasteiger partial charge < -0.3 is 5.32 Å². The van der Waals surface area contributed by atoms with Gasteiger partial charge in [-0.3, -0.25) is 4.79 Å². The molecule has 22 heavy (non-hydrogen) atoms. The summed E-state index contributed by atoms with van der Waals surface area (Å²) < 4.78 is 22.9. The largest absolute Gasteiger partial charge is 0.348 e. The Morgan fingerprint density at radius 2 is 2.27 bits per heavy atom. The fourth-order valence-electron chi connectivity index (χ4n) is 2.53. The van der Waals surface area contributed by atoms with E-state index in [9.17, 15) is 13.2 Å². The smallest absolute Gasteiger partial charge is 0.230 e. The highest BCUT2D eigenvalue weighted by molar-refractivity contribution is 8.02. The third-order valence-corrected chi connectivity index (χ3v) is 7.84. The van der Waals surface area contributed by atoms with E-state index in [-0.39, 0.29) is 28.7 Å². The number of carbonyl (C=O) groups excluding carboxylic acids is 1. The summed E-state index contributed by atoms with van der Waals surface area (Å²) in [5, 5.41) is 5.19. The molecule has 124 valence electrons. The lowest BCUT2D eigenvalue weighted by Gasteiger charge is -2.20. The molecule has 0 aromatic carbocycles. The number of hydrogen-bond donors (Lipinski definition) is 1. The quantitative estimate of drug-likeness (QED) is 0.811. The molecule has 0 radical (unpaired) electrons. The molecule has 7 heteroatoms. The van der Waals surface area contributed by atoms with Crippen molar-refractivity contribution in [1.29, 1.82) is 0 Å². The number of amides is 1. The molecule has 2 atom stereocenters. The molecular formula is C15H23NO3S3. The van der Waals surface area contributed by atoms with E-state index in [4.69, 9.17) is 0 Å². The Balaban J connectivity index is 1.83. The van der Waals surface area contributed by atoms with Gasteiger partial charge in [0.15, 0.2) is 9.84 Å². The predicted molar refractivity (Wildman–Crippen MR) is 94.2 cm³/mol. The molecular weight excluding hydrogens is 338 g/mol. The van der Waals surface area contributed by atoms with Crippen molar-refractivity contribution in [2.24, 2.45) is 5.92 Å². The van der Waals surface area contributed by atoms with Crippen LogP contribution in [0.25, 0.3) is 0 Å². The van der Waals surface area contributed by atoms with Gasteiger partial charge in [-0.25, -0.2) is 8.42 Å². The van der Waals surface area contributed by atoms with Gasteiger partial charge in [0.2, 0.25) is 5.91 Å². The minimum Gasteiger partial charge on any atom is -0.348 e. The predicted octanol–water partition coefficient (Wildman–Crippen LogP) is 2.87. The fraction of sp³-hybridized carbons (Fsp3) is 0.667. The zero-order chi connectivity index (χ0) is 16.2. The van der Waals surface area contributed by atoms with Gasteiger partial charge in [0, 0.05) is 10.1 Å². The number of thiophene rings is 1. The summed E-state index contributed by atoms with van der Waals surface area (Å²) in [6, 6.07) is 4.10. The van der Waals surface area contributed by atoms with Crippen molar-refractivity contribution in [3.63, 3.8) is 0 Å². The van der Waals surface area contributed by atoms with Crippen LogP contribution < -0.4 is 5.32 Å². The van der Waals surface area contributed by atoms with E-state index in [1.807, 2.05) is 11.4 Å². The molecule has 1 saturated heterocycles. The van der Waals surface area contributed by atoms with Gasteiger partial charge in [-0.15, -0.1) is 23.1 Å². The van der Waals surface area contributed by atoms with Gasteiger partial charge in [0.05, 0.1) is 23.3 Å². The maximum Gasteiger partial charge on any atom is 0.230 e. The standard InChI is InChI=1S/C15H23NO3S3/c1-11(2)8-13(14-4-3-6-20-14)16-15(17)9-21-12-5-7-22(18,19)10-12/h3-4,6,11-13H,5,7-10H2,1-2H3,(H,16,17)/t12-,13-/m0/s1. The van der Waals surface area contributed by atoms with E-state index in [1.165, 1.54) is 16.6 Å². The fourth-order valence-corrected chi connectivity index (χ4v) is 6.77. The van der Waals surface area contributed by atoms with Crippen LogP contribution in [0.3, 0.4) is 0 Å². The van der Waals surface area contributed by atoms with Crippen LogP contribution in [-0.4, -0.2) is 36.8 Å². The molecule has 0 aliphatic carbocycles. The average molecular weight is 362 g/mol. The van der Waals surface area contributed by atoms with E-state index < -0.39 is 9.84 Å². The zero-order valence-electron chi connectivity index (χ0n) is 12.9. The van der Waals surface area contributed by atoms with Crippen LogP contribution in [0, 0.1) is 5.92 Å². The van der Waals surface area contributed by atoms with Crippen LogP contribution in [-0.2, 0) is 14.6 Å². The van der Waals surface area contributed by atoms with Gasteiger partial charge >= 0.3 is 0 Å². The topological polar surface area (TPSA) is 63.2 Å². The van der Waals surface area contributed by atoms with Crippen molar-refractivity contribution in [1.82, 2.24) is 5.32 Å². The average Bonchev–Trinajstić information content (AvgIpc) is 3.04. The molecule has 1 aliphatic heterocycles. The highest BCUT2D eigenvalue weighted by atomic mass is 32.2. The molecule has 1 aromatic rings. The van der Waals surface area contributed by atoms with Crippen LogP contribution >= 0.6 is 23.1 Å². The third-order valence-electron chi connectivity index (χ3n) is 3.57. The lowest BCUT2D eigenvalue weighted by molar-refractivity contribution is -0.119. The molecule has 1 N–H and O–H groups in total. The van der Waals surface area contributed by atoms with Gasteiger partial charge in [-0.2, -0.15) is 0 Å². The second-order valence-corrected chi connectivity index (χ2v) is 10.6. The maximum absolute atomic E-state index is 12.2. The molecule has 2 rings (SSSR count). The lowest BCUT2D eigenvalue weighted by atomic mass is 10.0. The summed E-state index contributed by atoms with van der Waals surface area (Å²) in [5.41, 5.74) is 0. The van der Waals surface area contributed by atoms with Crippen LogP contribution in [0.15, 0.2) is 17.5 Å². The number of thioether (sulfide) groups is 1. The van der Waals surface area contributed by atoms with Crippen molar-refractivity contribution >= 4 is 38.8 Å². The van der Waals surface area contributed by atoms with E-state index in [2.05, 4.69) is 25.2 Å². The molecule has 1 aliphatic rings. The van der Waals surface area contributed by atoms with Gasteiger partial charge in [-0.05, 0) is 30.2 Å². The molecule has 0 saturated carbocycles. The Morgan fingerprint density at radius 3 is 2.82 bits per heavy atom. The summed E-state index contributed by atoms with van der Waals surface area (Å²) in [6.07, 6.45) is 1.58. The van der Waals surface area contributed by atoms with Gasteiger partial charge in [0.25, 0.3) is 0 Å². The minimum atomic E-state index is -2.87. The van der Waals surface area contributed by atoms with E-state index in [0.717, 1.165) is 6.42 Å². The first-order valence-electron chi connectivity index (χ1n) is 7.50. The van der Waals surface area contributed by atoms with Crippen molar-refractivity contribution < 1.29 is 13.2 Å². The molecule has 2 heterocycles. The monoisotopic (exact) mass is 361 g/mol. The first-order chi connectivity index (χ1) is 10.4. The second kappa shape index (κ2) is 7.84. The van der Waals surface area contributed by atoms with Crippen molar-refractivity contribution in [3.05, 3.63) is 22.4 Å². The Kier molecular flexibility index (Phi) is 6.35. The minimum absolute atomic E-state index is 0.00616. The van der Waals surface area contributed by atoms with Crippen LogP contribution in [0.5, 0.6) is 0 Å². The Hall–Kier alpha value is -0.530. The molecule has 1 fully saturated rings. The SMILES string of the molecule is CC(C)C[C@H](NC(=O)CS[C@H]1CCS(=O)(=O)C1)c1cccs1. The lowest BCUT2D eigenvalue weighted by Crippen LogP contribution is -2.31. The normalized spacial score (nSPS) is 21.9. The Labute approximate surface area is 141 Å². The third kappa shape index (κ3) is 5.59. The van der Waals surface area contributed by atoms with Crippen LogP contribution in [0.1, 0.15) is 37.6 Å². The Bertz CT molecular complexity index is 581. The summed E-state index contributed by atoms with van der Waals surface area (Å²) in [5.74, 6) is 1.30. The highest BCUT2D eigenvalue weighted by Gasteiger charge is 2.28. The van der Waals surface area contributed by atoms with E-state index >= 15 is 0 Å². The summed E-state index contributed by atoms with van der Waals surface area (Å²) in [4.78, 5) is 13.3. The number of carbonyl (C=O) groups is 1. The maximum atomic E-state index is 12.2. The summed E-state index contributed by atoms with van der Waals surface area (Å²) >= 11 is 3.12. The highest BCUT2D eigenvalue weighted by Crippen LogP contribution is 2.27. The number of sulfone groups is 1. The number of rotatable bonds is 7. The first kappa shape index (κ1) is 17.8. The van der Waals surface area contributed by atoms with Crippen LogP contribution in [0.2, 0.25) is 0 Å². The van der Waals surface area contributed by atoms with Crippen LogP contribution in [0.4, 0.5) is 0 Å². The van der Waals surface area contributed by atoms with Crippen molar-refractivity contribution in [2.45, 2.75) is 38.0 Å². The molecule has 1 aromatic heterocycles. The summed E-state index contributed by atoms with van der Waals surface area (Å²) in [6.45, 7) is 4.29. The molecule has 4 nitrogen and oxygen atoms in total. The summed E-state index contributed by atoms with van der Waals surface area (Å²) in [7, 11) is -2.87. The van der Waals surface area contributed by atoms with Gasteiger partial charge in [0.1, 0.15) is 0 Å². The first-order valence-corrected chi connectivity index (χ1v) is 11.3. The second-order valence-electron chi connectivity index (χ2n) is 6.10. The molecule has 0 bridgehead atoms. The Morgan fingerprint density at radius 1 is 1.50 bits per heavy atom. The van der Waals surface area contributed by atoms with Gasteiger partial charge in [-0.1, -0.05) is 19.9 Å². The van der Waals surface area contributed by atoms with Crippen molar-refractivity contribution in [2.75, 3.05) is 17.3 Å². The molecule has 0 spiro atoms. The molecule has 0 unspecified atom stereocenters. The van der Waals surface area contributed by atoms with Crippen molar-refractivity contribution in [3.8, 4) is 0 Å². The number of nitrogens with one attached hydrogen (secondary N) is 1. The van der Waals surface area contributed by atoms with E-state index in [1.54, 1.807) is 11.3 Å².